The first-order valence-corrected chi connectivity index (χ1v) is 9.85. The minimum Gasteiger partial charge on any atom is -0.457 e. The van der Waals surface area contributed by atoms with Crippen LogP contribution in [0.15, 0.2) is 36.4 Å². The monoisotopic (exact) mass is 484 g/mol. The first kappa shape index (κ1) is 23.4. The molecular weight excluding hydrogens is 469 g/mol. The highest BCUT2D eigenvalue weighted by molar-refractivity contribution is 6.32. The number of benzene rings is 2. The van der Waals surface area contributed by atoms with Crippen LogP contribution in [0.25, 0.3) is 0 Å². The van der Waals surface area contributed by atoms with Gasteiger partial charge in [-0.3, -0.25) is 19.6 Å². The molecule has 3 rings (SSSR count). The number of aromatic nitrogens is 2. The van der Waals surface area contributed by atoms with Gasteiger partial charge in [0.05, 0.1) is 27.4 Å². The second-order valence-electron chi connectivity index (χ2n) is 6.78. The molecule has 0 spiro atoms. The SMILES string of the molecule is Cc1cc(Oc2cc(NC(=O)Cn3nc(C(F)F)c(Cl)c3C)cc([N+](=O)[O-])c2)ccc1Cl. The van der Waals surface area contributed by atoms with Crippen LogP contribution in [-0.4, -0.2) is 20.6 Å². The molecule has 1 aromatic heterocycles. The van der Waals surface area contributed by atoms with Gasteiger partial charge in [-0.05, 0) is 37.6 Å². The molecule has 0 saturated carbocycles. The number of nitrogens with zero attached hydrogens (tertiary/aromatic N) is 3. The lowest BCUT2D eigenvalue weighted by Gasteiger charge is -2.11. The summed E-state index contributed by atoms with van der Waals surface area (Å²) in [6.45, 7) is 2.80. The lowest BCUT2D eigenvalue weighted by Crippen LogP contribution is -2.20. The summed E-state index contributed by atoms with van der Waals surface area (Å²) < 4.78 is 32.6. The van der Waals surface area contributed by atoms with Crippen molar-refractivity contribution < 1.29 is 23.2 Å². The molecule has 12 heteroatoms. The number of aryl methyl sites for hydroxylation is 1. The quantitative estimate of drug-likeness (QED) is 0.323. The zero-order chi connectivity index (χ0) is 23.6. The maximum Gasteiger partial charge on any atom is 0.283 e. The minimum absolute atomic E-state index is 0.0786. The van der Waals surface area contributed by atoms with E-state index in [4.69, 9.17) is 27.9 Å². The van der Waals surface area contributed by atoms with E-state index in [1.54, 1.807) is 25.1 Å². The molecule has 0 aliphatic heterocycles. The van der Waals surface area contributed by atoms with E-state index in [1.165, 1.54) is 19.1 Å². The number of ether oxygens (including phenoxy) is 1. The van der Waals surface area contributed by atoms with E-state index in [0.29, 0.717) is 10.8 Å². The van der Waals surface area contributed by atoms with Crippen molar-refractivity contribution in [3.05, 3.63) is 73.5 Å². The summed E-state index contributed by atoms with van der Waals surface area (Å²) in [5.41, 5.74) is 0.0794. The zero-order valence-corrected chi connectivity index (χ0v) is 18.2. The van der Waals surface area contributed by atoms with E-state index < -0.39 is 29.5 Å². The van der Waals surface area contributed by atoms with Gasteiger partial charge < -0.3 is 10.1 Å². The predicted octanol–water partition coefficient (Wildman–Crippen LogP) is 6.08. The molecule has 2 aromatic carbocycles. The van der Waals surface area contributed by atoms with Crippen molar-refractivity contribution in [2.24, 2.45) is 0 Å². The molecule has 0 bridgehead atoms. The number of carbonyl (C=O) groups excluding carboxylic acids is 1. The molecule has 0 aliphatic rings. The Hall–Kier alpha value is -3.24. The number of nitro benzene ring substituents is 1. The molecule has 3 aromatic rings. The van der Waals surface area contributed by atoms with E-state index in [1.807, 2.05) is 0 Å². The highest BCUT2D eigenvalue weighted by Gasteiger charge is 2.22. The Kier molecular flexibility index (Phi) is 6.95. The van der Waals surface area contributed by atoms with Gasteiger partial charge in [-0.25, -0.2) is 8.78 Å². The summed E-state index contributed by atoms with van der Waals surface area (Å²) in [7, 11) is 0. The van der Waals surface area contributed by atoms with Gasteiger partial charge in [0.1, 0.15) is 23.7 Å². The minimum atomic E-state index is -2.89. The van der Waals surface area contributed by atoms with E-state index in [0.717, 1.165) is 16.3 Å². The largest absolute Gasteiger partial charge is 0.457 e. The lowest BCUT2D eigenvalue weighted by atomic mass is 10.2. The number of halogens is 4. The number of carbonyl (C=O) groups is 1. The number of hydrogen-bond acceptors (Lipinski definition) is 5. The third-order valence-electron chi connectivity index (χ3n) is 4.41. The van der Waals surface area contributed by atoms with Crippen molar-refractivity contribution >= 4 is 40.5 Å². The van der Waals surface area contributed by atoms with Crippen molar-refractivity contribution in [2.45, 2.75) is 26.8 Å². The summed E-state index contributed by atoms with van der Waals surface area (Å²) in [6, 6.07) is 8.61. The van der Waals surface area contributed by atoms with Crippen molar-refractivity contribution in [3.63, 3.8) is 0 Å². The smallest absolute Gasteiger partial charge is 0.283 e. The molecule has 168 valence electrons. The Labute approximate surface area is 190 Å². The Bertz CT molecular complexity index is 1200. The maximum atomic E-state index is 13.0. The van der Waals surface area contributed by atoms with E-state index >= 15 is 0 Å². The van der Waals surface area contributed by atoms with Crippen LogP contribution >= 0.6 is 23.2 Å². The number of alkyl halides is 2. The first-order valence-electron chi connectivity index (χ1n) is 9.09. The van der Waals surface area contributed by atoms with Gasteiger partial charge in [-0.15, -0.1) is 0 Å². The fourth-order valence-corrected chi connectivity index (χ4v) is 3.15. The van der Waals surface area contributed by atoms with Crippen LogP contribution in [0, 0.1) is 24.0 Å². The number of hydrogen-bond donors (Lipinski definition) is 1. The van der Waals surface area contributed by atoms with Crippen LogP contribution in [-0.2, 0) is 11.3 Å². The van der Waals surface area contributed by atoms with Crippen molar-refractivity contribution in [2.75, 3.05) is 5.32 Å². The summed E-state index contributed by atoms with van der Waals surface area (Å²) in [6.07, 6.45) is -2.89. The standard InChI is InChI=1S/C20H16Cl2F2N4O4/c1-10-5-14(3-4-16(10)21)32-15-7-12(6-13(8-15)28(30)31)25-17(29)9-27-11(2)18(22)19(26-27)20(23)24/h3-8,20H,9H2,1-2H3,(H,25,29). The summed E-state index contributed by atoms with van der Waals surface area (Å²) in [5, 5.41) is 17.7. The molecule has 1 heterocycles. The molecule has 0 saturated heterocycles. The highest BCUT2D eigenvalue weighted by Crippen LogP contribution is 2.32. The Balaban J connectivity index is 1.82. The topological polar surface area (TPSA) is 99.3 Å². The number of amides is 1. The van der Waals surface area contributed by atoms with Gasteiger partial charge in [-0.1, -0.05) is 23.2 Å². The molecule has 0 atom stereocenters. The number of nitrogens with one attached hydrogen (secondary N) is 1. The van der Waals surface area contributed by atoms with Gasteiger partial charge in [0.25, 0.3) is 12.1 Å². The number of non-ortho nitro benzene ring substituents is 1. The lowest BCUT2D eigenvalue weighted by molar-refractivity contribution is -0.384. The van der Waals surface area contributed by atoms with Gasteiger partial charge in [-0.2, -0.15) is 5.10 Å². The average Bonchev–Trinajstić information content (AvgIpc) is 2.99. The van der Waals surface area contributed by atoms with Crippen LogP contribution in [0.3, 0.4) is 0 Å². The normalized spacial score (nSPS) is 11.0. The van der Waals surface area contributed by atoms with E-state index in [-0.39, 0.29) is 27.8 Å². The summed E-state index contributed by atoms with van der Waals surface area (Å²) in [5.74, 6) is -0.151. The number of anilines is 1. The third kappa shape index (κ3) is 5.32. The van der Waals surface area contributed by atoms with Crippen LogP contribution in [0.2, 0.25) is 10.0 Å². The van der Waals surface area contributed by atoms with Crippen LogP contribution < -0.4 is 10.1 Å². The Morgan fingerprint density at radius 1 is 1.22 bits per heavy atom. The second-order valence-corrected chi connectivity index (χ2v) is 7.56. The van der Waals surface area contributed by atoms with E-state index in [9.17, 15) is 23.7 Å². The molecule has 0 unspecified atom stereocenters. The second kappa shape index (κ2) is 9.49. The first-order chi connectivity index (χ1) is 15.0. The zero-order valence-electron chi connectivity index (χ0n) is 16.7. The molecule has 32 heavy (non-hydrogen) atoms. The van der Waals surface area contributed by atoms with Crippen molar-refractivity contribution in [1.82, 2.24) is 9.78 Å². The molecular formula is C20H16Cl2F2N4O4. The van der Waals surface area contributed by atoms with Crippen molar-refractivity contribution in [1.29, 1.82) is 0 Å². The highest BCUT2D eigenvalue weighted by atomic mass is 35.5. The van der Waals surface area contributed by atoms with Crippen molar-refractivity contribution in [3.8, 4) is 11.5 Å². The average molecular weight is 485 g/mol. The van der Waals surface area contributed by atoms with E-state index in [2.05, 4.69) is 10.4 Å². The molecule has 8 nitrogen and oxygen atoms in total. The Morgan fingerprint density at radius 2 is 1.94 bits per heavy atom. The fourth-order valence-electron chi connectivity index (χ4n) is 2.81. The third-order valence-corrected chi connectivity index (χ3v) is 5.30. The summed E-state index contributed by atoms with van der Waals surface area (Å²) in [4.78, 5) is 23.1. The van der Waals surface area contributed by atoms with Crippen LogP contribution in [0.5, 0.6) is 11.5 Å². The Morgan fingerprint density at radius 3 is 2.53 bits per heavy atom. The molecule has 0 aliphatic carbocycles. The fraction of sp³-hybridized carbons (Fsp3) is 0.200. The van der Waals surface area contributed by atoms with Crippen LogP contribution in [0.1, 0.15) is 23.4 Å². The molecule has 1 amide bonds. The van der Waals surface area contributed by atoms with Gasteiger partial charge >= 0.3 is 0 Å². The number of rotatable bonds is 7. The maximum absolute atomic E-state index is 13.0. The molecule has 0 radical (unpaired) electrons. The predicted molar refractivity (Wildman–Crippen MR) is 115 cm³/mol. The van der Waals surface area contributed by atoms with Gasteiger partial charge in [0.15, 0.2) is 0 Å². The van der Waals surface area contributed by atoms with Gasteiger partial charge in [0, 0.05) is 17.2 Å². The van der Waals surface area contributed by atoms with Crippen LogP contribution in [0.4, 0.5) is 20.2 Å². The molecule has 0 fully saturated rings. The number of nitro groups is 1. The van der Waals surface area contributed by atoms with Gasteiger partial charge in [0.2, 0.25) is 5.91 Å². The molecule has 1 N–H and O–H groups in total. The summed E-state index contributed by atoms with van der Waals surface area (Å²) >= 11 is 11.8.